The number of aldehydes is 1. The third-order valence-corrected chi connectivity index (χ3v) is 3.81. The quantitative estimate of drug-likeness (QED) is 0.597. The molecule has 1 aromatic heterocycles. The predicted molar refractivity (Wildman–Crippen MR) is 89.1 cm³/mol. The fraction of sp³-hybridized carbons (Fsp3) is 0.438. The predicted octanol–water partition coefficient (Wildman–Crippen LogP) is 1.26. The van der Waals surface area contributed by atoms with Gasteiger partial charge in [0.05, 0.1) is 11.1 Å². The van der Waals surface area contributed by atoms with Crippen LogP contribution in [-0.2, 0) is 4.79 Å². The summed E-state index contributed by atoms with van der Waals surface area (Å²) in [4.78, 5) is 30.0. The summed E-state index contributed by atoms with van der Waals surface area (Å²) in [5, 5.41) is 12.2. The van der Waals surface area contributed by atoms with Gasteiger partial charge in [0.15, 0.2) is 17.9 Å². The molecule has 0 bridgehead atoms. The van der Waals surface area contributed by atoms with Crippen LogP contribution in [0.25, 0.3) is 0 Å². The van der Waals surface area contributed by atoms with Gasteiger partial charge in [0.1, 0.15) is 5.82 Å². The van der Waals surface area contributed by atoms with Crippen molar-refractivity contribution in [1.82, 2.24) is 10.3 Å². The van der Waals surface area contributed by atoms with E-state index < -0.39 is 11.8 Å². The molecule has 0 saturated carbocycles. The van der Waals surface area contributed by atoms with E-state index in [1.807, 2.05) is 4.90 Å². The molecule has 0 aliphatic carbocycles. The molecule has 1 saturated heterocycles. The number of pyridine rings is 1. The first-order chi connectivity index (χ1) is 11.5. The number of carboxylic acids is 1. The highest BCUT2D eigenvalue weighted by molar-refractivity contribution is 5.88. The first-order valence-corrected chi connectivity index (χ1v) is 7.77. The fourth-order valence-corrected chi connectivity index (χ4v) is 2.49. The van der Waals surface area contributed by atoms with Crippen molar-refractivity contribution in [2.75, 3.05) is 42.5 Å². The van der Waals surface area contributed by atoms with E-state index in [0.29, 0.717) is 25.9 Å². The molecule has 1 fully saturated rings. The number of carbonyl (C=O) groups is 2. The number of nitrogens with zero attached hydrogens (tertiary/aromatic N) is 3. The molecular weight excluding hydrogens is 315 g/mol. The number of piperazine rings is 1. The highest BCUT2D eigenvalue weighted by Crippen LogP contribution is 2.26. The van der Waals surface area contributed by atoms with Gasteiger partial charge in [-0.25, -0.2) is 14.2 Å². The number of carbonyl (C=O) groups excluding carboxylic acids is 1. The molecule has 0 atom stereocenters. The maximum atomic E-state index is 14.3. The van der Waals surface area contributed by atoms with Crippen molar-refractivity contribution in [1.29, 1.82) is 0 Å². The number of carboxylic acid groups (broad SMARTS) is 1. The average Bonchev–Trinajstić information content (AvgIpc) is 2.60. The maximum absolute atomic E-state index is 14.3. The van der Waals surface area contributed by atoms with Gasteiger partial charge in [-0.15, -0.1) is 0 Å². The van der Waals surface area contributed by atoms with Crippen LogP contribution < -0.4 is 15.1 Å². The Kier molecular flexibility index (Phi) is 5.86. The minimum Gasteiger partial charge on any atom is -0.478 e. The van der Waals surface area contributed by atoms with Crippen LogP contribution in [0.5, 0.6) is 0 Å². The zero-order valence-electron chi connectivity index (χ0n) is 13.8. The van der Waals surface area contributed by atoms with Crippen LogP contribution in [0.2, 0.25) is 0 Å². The SMILES string of the molecule is CCN(/C=C(\C)C(=O)O)c1nc(N2CCNCC2)c(F)cc1C=O. The van der Waals surface area contributed by atoms with Gasteiger partial charge in [-0.2, -0.15) is 0 Å². The molecule has 24 heavy (non-hydrogen) atoms. The summed E-state index contributed by atoms with van der Waals surface area (Å²) in [6.45, 7) is 6.32. The number of halogens is 1. The van der Waals surface area contributed by atoms with Crippen LogP contribution in [0, 0.1) is 5.82 Å². The lowest BCUT2D eigenvalue weighted by atomic mass is 10.2. The van der Waals surface area contributed by atoms with Crippen molar-refractivity contribution in [3.05, 3.63) is 29.2 Å². The monoisotopic (exact) mass is 336 g/mol. The zero-order chi connectivity index (χ0) is 17.7. The van der Waals surface area contributed by atoms with Crippen LogP contribution in [0.1, 0.15) is 24.2 Å². The molecule has 2 N–H and O–H groups in total. The minimum atomic E-state index is -1.06. The number of aromatic nitrogens is 1. The molecule has 0 radical (unpaired) electrons. The third-order valence-electron chi connectivity index (χ3n) is 3.81. The Balaban J connectivity index is 2.48. The third kappa shape index (κ3) is 3.88. The van der Waals surface area contributed by atoms with E-state index in [1.54, 1.807) is 11.8 Å². The number of hydrogen-bond acceptors (Lipinski definition) is 6. The van der Waals surface area contributed by atoms with Crippen LogP contribution in [0.4, 0.5) is 16.0 Å². The number of aliphatic carboxylic acids is 1. The largest absolute Gasteiger partial charge is 0.478 e. The molecule has 0 aromatic carbocycles. The second-order valence-electron chi connectivity index (χ2n) is 5.46. The molecule has 2 heterocycles. The number of hydrogen-bond donors (Lipinski definition) is 2. The first-order valence-electron chi connectivity index (χ1n) is 7.77. The summed E-state index contributed by atoms with van der Waals surface area (Å²) in [6, 6.07) is 1.15. The van der Waals surface area contributed by atoms with Gasteiger partial charge in [0, 0.05) is 38.9 Å². The van der Waals surface area contributed by atoms with Crippen LogP contribution in [-0.4, -0.2) is 55.1 Å². The van der Waals surface area contributed by atoms with Crippen LogP contribution >= 0.6 is 0 Å². The fourth-order valence-electron chi connectivity index (χ4n) is 2.49. The van der Waals surface area contributed by atoms with Crippen molar-refractivity contribution in [3.8, 4) is 0 Å². The van der Waals surface area contributed by atoms with Crippen molar-refractivity contribution in [3.63, 3.8) is 0 Å². The highest BCUT2D eigenvalue weighted by atomic mass is 19.1. The molecule has 0 unspecified atom stereocenters. The standard InChI is InChI=1S/C16H21FN4O3/c1-3-20(9-11(2)16(23)24)14-12(10-22)8-13(17)15(19-14)21-6-4-18-5-7-21/h8-10,18H,3-7H2,1-2H3,(H,23,24)/b11-9+. The van der Waals surface area contributed by atoms with Gasteiger partial charge < -0.3 is 20.2 Å². The Morgan fingerprint density at radius 2 is 2.17 bits per heavy atom. The molecule has 1 aromatic rings. The van der Waals surface area contributed by atoms with Crippen molar-refractivity contribution >= 4 is 23.9 Å². The highest BCUT2D eigenvalue weighted by Gasteiger charge is 2.21. The molecule has 8 heteroatoms. The lowest BCUT2D eigenvalue weighted by Gasteiger charge is -2.30. The molecule has 1 aliphatic rings. The Labute approximate surface area is 139 Å². The van der Waals surface area contributed by atoms with Crippen molar-refractivity contribution in [2.45, 2.75) is 13.8 Å². The summed E-state index contributed by atoms with van der Waals surface area (Å²) >= 11 is 0. The number of nitrogens with one attached hydrogen (secondary N) is 1. The van der Waals surface area contributed by atoms with E-state index in [0.717, 1.165) is 19.2 Å². The van der Waals surface area contributed by atoms with Crippen LogP contribution in [0.15, 0.2) is 17.8 Å². The number of anilines is 2. The average molecular weight is 336 g/mol. The van der Waals surface area contributed by atoms with E-state index in [9.17, 15) is 14.0 Å². The summed E-state index contributed by atoms with van der Waals surface area (Å²) in [7, 11) is 0. The lowest BCUT2D eigenvalue weighted by molar-refractivity contribution is -0.132. The second-order valence-corrected chi connectivity index (χ2v) is 5.46. The Bertz CT molecular complexity index is 657. The Morgan fingerprint density at radius 1 is 1.50 bits per heavy atom. The Morgan fingerprint density at radius 3 is 2.71 bits per heavy atom. The van der Waals surface area contributed by atoms with Gasteiger partial charge >= 0.3 is 5.97 Å². The topological polar surface area (TPSA) is 85.8 Å². The van der Waals surface area contributed by atoms with Gasteiger partial charge in [-0.05, 0) is 19.9 Å². The summed E-state index contributed by atoms with van der Waals surface area (Å²) < 4.78 is 14.3. The first kappa shape index (κ1) is 17.9. The molecule has 2 rings (SSSR count). The normalized spacial score (nSPS) is 15.3. The molecule has 130 valence electrons. The molecule has 7 nitrogen and oxygen atoms in total. The maximum Gasteiger partial charge on any atom is 0.332 e. The second kappa shape index (κ2) is 7.87. The summed E-state index contributed by atoms with van der Waals surface area (Å²) in [6.07, 6.45) is 1.93. The summed E-state index contributed by atoms with van der Waals surface area (Å²) in [5.41, 5.74) is 0.186. The zero-order valence-corrected chi connectivity index (χ0v) is 13.8. The van der Waals surface area contributed by atoms with E-state index in [2.05, 4.69) is 10.3 Å². The van der Waals surface area contributed by atoms with Gasteiger partial charge in [0.25, 0.3) is 0 Å². The van der Waals surface area contributed by atoms with Gasteiger partial charge in [0.2, 0.25) is 0 Å². The van der Waals surface area contributed by atoms with Gasteiger partial charge in [-0.3, -0.25) is 4.79 Å². The van der Waals surface area contributed by atoms with E-state index >= 15 is 0 Å². The lowest BCUT2D eigenvalue weighted by Crippen LogP contribution is -2.44. The summed E-state index contributed by atoms with van der Waals surface area (Å²) in [5.74, 6) is -1.19. The van der Waals surface area contributed by atoms with Crippen molar-refractivity contribution in [2.24, 2.45) is 0 Å². The smallest absolute Gasteiger partial charge is 0.332 e. The molecular formula is C16H21FN4O3. The van der Waals surface area contributed by atoms with Gasteiger partial charge in [-0.1, -0.05) is 0 Å². The van der Waals surface area contributed by atoms with Crippen molar-refractivity contribution < 1.29 is 19.1 Å². The molecule has 0 spiro atoms. The van der Waals surface area contributed by atoms with Crippen LogP contribution in [0.3, 0.4) is 0 Å². The number of rotatable bonds is 6. The molecule has 1 aliphatic heterocycles. The van der Waals surface area contributed by atoms with E-state index in [-0.39, 0.29) is 22.8 Å². The van der Waals surface area contributed by atoms with E-state index in [4.69, 9.17) is 5.11 Å². The molecule has 0 amide bonds. The van der Waals surface area contributed by atoms with E-state index in [1.165, 1.54) is 13.1 Å². The minimum absolute atomic E-state index is 0.0858. The Hall–Kier alpha value is -2.48.